The minimum atomic E-state index is -0.960. The molecule has 0 unspecified atom stereocenters. The molecule has 2 aromatic rings. The van der Waals surface area contributed by atoms with E-state index in [4.69, 9.17) is 33.0 Å². The van der Waals surface area contributed by atoms with Gasteiger partial charge in [0.25, 0.3) is 0 Å². The van der Waals surface area contributed by atoms with Crippen LogP contribution in [0.15, 0.2) is 30.3 Å². The molecule has 0 saturated carbocycles. The first-order valence-electron chi connectivity index (χ1n) is 6.34. The van der Waals surface area contributed by atoms with Crippen LogP contribution in [-0.4, -0.2) is 34.7 Å². The maximum Gasteiger partial charge on any atom is 0.319 e. The number of carboxylic acids is 1. The highest BCUT2D eigenvalue weighted by atomic mass is 35.5. The molecule has 1 N–H and O–H groups in total. The van der Waals surface area contributed by atoms with Crippen LogP contribution < -0.4 is 9.64 Å². The van der Waals surface area contributed by atoms with Gasteiger partial charge in [0.1, 0.15) is 17.6 Å². The average molecular weight is 342 g/mol. The van der Waals surface area contributed by atoms with Gasteiger partial charge < -0.3 is 14.7 Å². The van der Waals surface area contributed by atoms with Crippen LogP contribution in [0.1, 0.15) is 6.42 Å². The number of carbonyl (C=O) groups is 1. The van der Waals surface area contributed by atoms with Gasteiger partial charge in [-0.3, -0.25) is 4.79 Å². The summed E-state index contributed by atoms with van der Waals surface area (Å²) in [6.07, 6.45) is -0.144. The first kappa shape index (κ1) is 16.3. The van der Waals surface area contributed by atoms with Gasteiger partial charge in [-0.05, 0) is 18.2 Å². The second-order valence-corrected chi connectivity index (χ2v) is 5.19. The van der Waals surface area contributed by atoms with Crippen LogP contribution in [0.2, 0.25) is 10.2 Å². The Labute approximate surface area is 137 Å². The average Bonchev–Trinajstić information content (AvgIpc) is 2.45. The minimum absolute atomic E-state index is 0.0256. The predicted octanol–water partition coefficient (Wildman–Crippen LogP) is 3.40. The van der Waals surface area contributed by atoms with Gasteiger partial charge in [0.15, 0.2) is 0 Å². The van der Waals surface area contributed by atoms with Crippen molar-refractivity contribution in [1.29, 1.82) is 0 Å². The van der Waals surface area contributed by atoms with Gasteiger partial charge in [-0.1, -0.05) is 29.3 Å². The number of anilines is 2. The summed E-state index contributed by atoms with van der Waals surface area (Å²) in [7, 11) is 1.80. The number of ether oxygens (including phenoxy) is 1. The lowest BCUT2D eigenvalue weighted by molar-refractivity contribution is -0.137. The number of benzene rings is 1. The molecule has 1 aromatic heterocycles. The molecule has 0 aliphatic carbocycles. The van der Waals surface area contributed by atoms with E-state index >= 15 is 0 Å². The van der Waals surface area contributed by atoms with Gasteiger partial charge >= 0.3 is 12.0 Å². The van der Waals surface area contributed by atoms with Gasteiger partial charge in [0, 0.05) is 23.8 Å². The van der Waals surface area contributed by atoms with E-state index < -0.39 is 5.97 Å². The number of hydrogen-bond donors (Lipinski definition) is 1. The Morgan fingerprint density at radius 1 is 1.32 bits per heavy atom. The highest BCUT2D eigenvalue weighted by Crippen LogP contribution is 2.27. The number of nitrogens with zero attached hydrogens (tertiary/aromatic N) is 3. The van der Waals surface area contributed by atoms with E-state index in [1.54, 1.807) is 30.1 Å². The van der Waals surface area contributed by atoms with Gasteiger partial charge in [0.2, 0.25) is 0 Å². The van der Waals surface area contributed by atoms with Crippen molar-refractivity contribution in [2.45, 2.75) is 6.42 Å². The summed E-state index contributed by atoms with van der Waals surface area (Å²) < 4.78 is 5.21. The number of hydrogen-bond acceptors (Lipinski definition) is 5. The molecule has 0 aliphatic heterocycles. The summed E-state index contributed by atoms with van der Waals surface area (Å²) in [5.41, 5.74) is 0.818. The zero-order valence-electron chi connectivity index (χ0n) is 11.7. The van der Waals surface area contributed by atoms with Crippen molar-refractivity contribution in [3.05, 3.63) is 40.5 Å². The Morgan fingerprint density at radius 2 is 2.09 bits per heavy atom. The first-order valence-corrected chi connectivity index (χ1v) is 7.10. The quantitative estimate of drug-likeness (QED) is 0.811. The lowest BCUT2D eigenvalue weighted by Crippen LogP contribution is -2.13. The van der Waals surface area contributed by atoms with Crippen LogP contribution in [0.5, 0.6) is 6.01 Å². The van der Waals surface area contributed by atoms with Crippen LogP contribution in [0, 0.1) is 0 Å². The van der Waals surface area contributed by atoms with Crippen LogP contribution >= 0.6 is 23.2 Å². The summed E-state index contributed by atoms with van der Waals surface area (Å²) in [6, 6.07) is 8.84. The summed E-state index contributed by atoms with van der Waals surface area (Å²) >= 11 is 11.9. The molecule has 116 valence electrons. The minimum Gasteiger partial charge on any atom is -0.481 e. The number of rotatable bonds is 6. The molecular formula is C14H13Cl2N3O3. The molecule has 0 bridgehead atoms. The summed E-state index contributed by atoms with van der Waals surface area (Å²) in [6.45, 7) is -0.0318. The Morgan fingerprint density at radius 3 is 2.77 bits per heavy atom. The topological polar surface area (TPSA) is 75.6 Å². The molecule has 0 saturated heterocycles. The molecule has 22 heavy (non-hydrogen) atoms. The second-order valence-electron chi connectivity index (χ2n) is 4.36. The zero-order valence-corrected chi connectivity index (χ0v) is 13.2. The van der Waals surface area contributed by atoms with Gasteiger partial charge in [0.05, 0.1) is 6.42 Å². The SMILES string of the molecule is CN(c1cccc(Cl)c1)c1cc(Cl)nc(OCCC(=O)O)n1. The number of aromatic nitrogens is 2. The highest BCUT2D eigenvalue weighted by Gasteiger charge is 2.11. The summed E-state index contributed by atoms with van der Waals surface area (Å²) in [5, 5.41) is 9.39. The van der Waals surface area contributed by atoms with Crippen LogP contribution in [-0.2, 0) is 4.79 Å². The third kappa shape index (κ3) is 4.47. The number of halogens is 2. The molecule has 0 amide bonds. The van der Waals surface area contributed by atoms with Gasteiger partial charge in [-0.2, -0.15) is 9.97 Å². The predicted molar refractivity (Wildman–Crippen MR) is 84.3 cm³/mol. The summed E-state index contributed by atoms with van der Waals surface area (Å²) in [5.74, 6) is -0.453. The van der Waals surface area contributed by atoms with Crippen LogP contribution in [0.3, 0.4) is 0 Å². The first-order chi connectivity index (χ1) is 10.5. The van der Waals surface area contributed by atoms with Crippen molar-refractivity contribution < 1.29 is 14.6 Å². The van der Waals surface area contributed by atoms with Gasteiger partial charge in [-0.25, -0.2) is 0 Å². The van der Waals surface area contributed by atoms with Crippen molar-refractivity contribution in [2.75, 3.05) is 18.6 Å². The fourth-order valence-electron chi connectivity index (χ4n) is 1.67. The number of aliphatic carboxylic acids is 1. The van der Waals surface area contributed by atoms with Crippen molar-refractivity contribution >= 4 is 40.7 Å². The monoisotopic (exact) mass is 341 g/mol. The van der Waals surface area contributed by atoms with Crippen molar-refractivity contribution in [3.63, 3.8) is 0 Å². The molecule has 0 fully saturated rings. The van der Waals surface area contributed by atoms with E-state index in [1.807, 2.05) is 12.1 Å². The molecule has 6 nitrogen and oxygen atoms in total. The van der Waals surface area contributed by atoms with E-state index in [9.17, 15) is 4.79 Å². The molecule has 1 aromatic carbocycles. The molecule has 2 rings (SSSR count). The zero-order chi connectivity index (χ0) is 16.1. The maximum atomic E-state index is 10.5. The standard InChI is InChI=1S/C14H13Cl2N3O3/c1-19(10-4-2-3-9(15)7-10)12-8-11(16)17-14(18-12)22-6-5-13(20)21/h2-4,7-8H,5-6H2,1H3,(H,20,21). The molecule has 0 radical (unpaired) electrons. The Balaban J connectivity index is 2.19. The smallest absolute Gasteiger partial charge is 0.319 e. The van der Waals surface area contributed by atoms with Crippen molar-refractivity contribution in [3.8, 4) is 6.01 Å². The third-order valence-corrected chi connectivity index (χ3v) is 3.18. The van der Waals surface area contributed by atoms with Crippen molar-refractivity contribution in [2.24, 2.45) is 0 Å². The molecule has 0 atom stereocenters. The van der Waals surface area contributed by atoms with E-state index in [0.29, 0.717) is 10.8 Å². The lowest BCUT2D eigenvalue weighted by atomic mass is 10.3. The molecule has 1 heterocycles. The van der Waals surface area contributed by atoms with Gasteiger partial charge in [-0.15, -0.1) is 0 Å². The largest absolute Gasteiger partial charge is 0.481 e. The maximum absolute atomic E-state index is 10.5. The molecule has 8 heteroatoms. The molecular weight excluding hydrogens is 329 g/mol. The second kappa shape index (κ2) is 7.29. The fraction of sp³-hybridized carbons (Fsp3) is 0.214. The van der Waals surface area contributed by atoms with Crippen LogP contribution in [0.25, 0.3) is 0 Å². The Bertz CT molecular complexity index is 682. The van der Waals surface area contributed by atoms with E-state index in [-0.39, 0.29) is 24.2 Å². The third-order valence-electron chi connectivity index (χ3n) is 2.75. The Hall–Kier alpha value is -2.05. The fourth-order valence-corrected chi connectivity index (χ4v) is 2.02. The normalized spacial score (nSPS) is 10.3. The lowest BCUT2D eigenvalue weighted by Gasteiger charge is -2.19. The van der Waals surface area contributed by atoms with Crippen LogP contribution in [0.4, 0.5) is 11.5 Å². The number of carboxylic acid groups (broad SMARTS) is 1. The van der Waals surface area contributed by atoms with E-state index in [0.717, 1.165) is 5.69 Å². The molecule has 0 spiro atoms. The van der Waals surface area contributed by atoms with Crippen molar-refractivity contribution in [1.82, 2.24) is 9.97 Å². The van der Waals surface area contributed by atoms with E-state index in [2.05, 4.69) is 9.97 Å². The van der Waals surface area contributed by atoms with E-state index in [1.165, 1.54) is 0 Å². The highest BCUT2D eigenvalue weighted by molar-refractivity contribution is 6.31. The Kier molecular flexibility index (Phi) is 5.41. The summed E-state index contributed by atoms with van der Waals surface area (Å²) in [4.78, 5) is 20.4. The molecule has 0 aliphatic rings.